The van der Waals surface area contributed by atoms with Crippen LogP contribution in [0.1, 0.15) is 33.6 Å². The minimum Gasteiger partial charge on any atom is -0.269 e. The average Bonchev–Trinajstić information content (AvgIpc) is 2.14. The Morgan fingerprint density at radius 1 is 1.46 bits per heavy atom. The van der Waals surface area contributed by atoms with Gasteiger partial charge in [-0.3, -0.25) is 4.99 Å². The molecule has 0 N–H and O–H groups in total. The van der Waals surface area contributed by atoms with Crippen molar-refractivity contribution >= 4 is 6.21 Å². The Labute approximate surface area is 81.6 Å². The van der Waals surface area contributed by atoms with E-state index >= 15 is 0 Å². The van der Waals surface area contributed by atoms with E-state index < -0.39 is 0 Å². The molecular formula is C12H19N. The molecule has 0 aromatic heterocycles. The Morgan fingerprint density at radius 3 is 2.62 bits per heavy atom. The van der Waals surface area contributed by atoms with Crippen LogP contribution in [0, 0.1) is 0 Å². The molecule has 0 spiro atoms. The van der Waals surface area contributed by atoms with Gasteiger partial charge in [-0.05, 0) is 32.3 Å². The van der Waals surface area contributed by atoms with Crippen LogP contribution < -0.4 is 0 Å². The van der Waals surface area contributed by atoms with E-state index in [1.54, 1.807) is 6.21 Å². The van der Waals surface area contributed by atoms with Gasteiger partial charge in [0.15, 0.2) is 0 Å². The zero-order valence-corrected chi connectivity index (χ0v) is 8.88. The molecule has 0 saturated carbocycles. The lowest BCUT2D eigenvalue weighted by Crippen LogP contribution is -1.81. The Kier molecular flexibility index (Phi) is 6.89. The minimum absolute atomic E-state index is 0.953. The van der Waals surface area contributed by atoms with Crippen LogP contribution >= 0.6 is 0 Å². The highest BCUT2D eigenvalue weighted by Crippen LogP contribution is 2.11. The third-order valence-corrected chi connectivity index (χ3v) is 1.66. The summed E-state index contributed by atoms with van der Waals surface area (Å²) in [5.41, 5.74) is 2.54. The van der Waals surface area contributed by atoms with E-state index in [0.717, 1.165) is 12.8 Å². The lowest BCUT2D eigenvalue weighted by atomic mass is 10.1. The topological polar surface area (TPSA) is 12.4 Å². The van der Waals surface area contributed by atoms with Gasteiger partial charge in [0.05, 0.1) is 0 Å². The molecule has 0 aliphatic rings. The van der Waals surface area contributed by atoms with E-state index in [4.69, 9.17) is 0 Å². The van der Waals surface area contributed by atoms with Crippen molar-refractivity contribution in [1.82, 2.24) is 0 Å². The van der Waals surface area contributed by atoms with Gasteiger partial charge in [-0.2, -0.15) is 0 Å². The Hall–Kier alpha value is -1.11. The first kappa shape index (κ1) is 11.9. The molecule has 0 aromatic rings. The number of hydrogen-bond donors (Lipinski definition) is 0. The summed E-state index contributed by atoms with van der Waals surface area (Å²) in [4.78, 5) is 4.07. The van der Waals surface area contributed by atoms with E-state index in [1.165, 1.54) is 11.1 Å². The van der Waals surface area contributed by atoms with E-state index in [-0.39, 0.29) is 0 Å². The van der Waals surface area contributed by atoms with Crippen LogP contribution in [0.4, 0.5) is 0 Å². The standard InChI is InChI=1S/C12H19N/c1-5-8-12(6-2)9-11(4)10-13-7-3/h6-8,10H,2,5,9H2,1,3-4H3/b11-10+,12-8+,13-7?. The van der Waals surface area contributed by atoms with Crippen molar-refractivity contribution < 1.29 is 0 Å². The molecular weight excluding hydrogens is 158 g/mol. The summed E-state index contributed by atoms with van der Waals surface area (Å²) in [6.45, 7) is 9.91. The van der Waals surface area contributed by atoms with Crippen molar-refractivity contribution in [3.8, 4) is 0 Å². The average molecular weight is 177 g/mol. The van der Waals surface area contributed by atoms with Crippen LogP contribution in [0.15, 0.2) is 41.1 Å². The van der Waals surface area contributed by atoms with Crippen LogP contribution in [-0.4, -0.2) is 6.21 Å². The van der Waals surface area contributed by atoms with Gasteiger partial charge in [-0.25, -0.2) is 0 Å². The molecule has 13 heavy (non-hydrogen) atoms. The summed E-state index contributed by atoms with van der Waals surface area (Å²) < 4.78 is 0. The molecule has 0 aliphatic heterocycles. The fourth-order valence-electron chi connectivity index (χ4n) is 1.06. The zero-order chi connectivity index (χ0) is 10.1. The maximum atomic E-state index is 4.07. The maximum absolute atomic E-state index is 4.07. The smallest absolute Gasteiger partial charge is 0.0256 e. The van der Waals surface area contributed by atoms with E-state index in [2.05, 4.69) is 31.5 Å². The van der Waals surface area contributed by atoms with Crippen LogP contribution in [0.25, 0.3) is 0 Å². The Morgan fingerprint density at radius 2 is 2.15 bits per heavy atom. The Balaban J connectivity index is 4.24. The molecule has 72 valence electrons. The zero-order valence-electron chi connectivity index (χ0n) is 8.88. The van der Waals surface area contributed by atoms with Gasteiger partial charge in [0.2, 0.25) is 0 Å². The fourth-order valence-corrected chi connectivity index (χ4v) is 1.06. The molecule has 1 nitrogen and oxygen atoms in total. The molecule has 0 rings (SSSR count). The molecule has 0 fully saturated rings. The molecule has 1 heteroatoms. The second-order valence-electron chi connectivity index (χ2n) is 2.95. The highest BCUT2D eigenvalue weighted by molar-refractivity contribution is 5.54. The minimum atomic E-state index is 0.953. The summed E-state index contributed by atoms with van der Waals surface area (Å²) in [6, 6.07) is 0. The predicted octanol–water partition coefficient (Wildman–Crippen LogP) is 3.89. The fraction of sp³-hybridized carbons (Fsp3) is 0.417. The molecule has 0 aromatic carbocycles. The molecule has 0 atom stereocenters. The number of nitrogens with zero attached hydrogens (tertiary/aromatic N) is 1. The number of allylic oxidation sites excluding steroid dienone is 4. The van der Waals surface area contributed by atoms with Gasteiger partial charge in [-0.1, -0.05) is 31.2 Å². The van der Waals surface area contributed by atoms with Gasteiger partial charge in [0, 0.05) is 12.4 Å². The monoisotopic (exact) mass is 177 g/mol. The van der Waals surface area contributed by atoms with Gasteiger partial charge in [-0.15, -0.1) is 0 Å². The van der Waals surface area contributed by atoms with Crippen molar-refractivity contribution in [2.24, 2.45) is 4.99 Å². The van der Waals surface area contributed by atoms with Crippen molar-refractivity contribution in [3.05, 3.63) is 36.1 Å². The van der Waals surface area contributed by atoms with Crippen molar-refractivity contribution in [3.63, 3.8) is 0 Å². The maximum Gasteiger partial charge on any atom is 0.0256 e. The summed E-state index contributed by atoms with van der Waals surface area (Å²) >= 11 is 0. The second kappa shape index (κ2) is 7.53. The molecule has 0 radical (unpaired) electrons. The normalized spacial score (nSPS) is 13.8. The highest BCUT2D eigenvalue weighted by atomic mass is 14.7. The first-order valence-corrected chi connectivity index (χ1v) is 4.69. The third kappa shape index (κ3) is 6.09. The summed E-state index contributed by atoms with van der Waals surface area (Å²) in [5.74, 6) is 0. The van der Waals surface area contributed by atoms with Gasteiger partial charge < -0.3 is 0 Å². The summed E-state index contributed by atoms with van der Waals surface area (Å²) in [7, 11) is 0. The third-order valence-electron chi connectivity index (χ3n) is 1.66. The summed E-state index contributed by atoms with van der Waals surface area (Å²) in [6.07, 6.45) is 9.81. The van der Waals surface area contributed by atoms with Crippen LogP contribution in [0.3, 0.4) is 0 Å². The van der Waals surface area contributed by atoms with Crippen LogP contribution in [0.5, 0.6) is 0 Å². The number of aliphatic imine (C=N–C) groups is 1. The van der Waals surface area contributed by atoms with Gasteiger partial charge in [0.1, 0.15) is 0 Å². The van der Waals surface area contributed by atoms with Crippen molar-refractivity contribution in [1.29, 1.82) is 0 Å². The van der Waals surface area contributed by atoms with E-state index in [0.29, 0.717) is 0 Å². The largest absolute Gasteiger partial charge is 0.269 e. The van der Waals surface area contributed by atoms with Gasteiger partial charge in [0.25, 0.3) is 0 Å². The SMILES string of the molecule is C=C/C(=C\CC)C/C(C)=C/N=CC. The lowest BCUT2D eigenvalue weighted by molar-refractivity contribution is 1.10. The Bertz CT molecular complexity index is 232. The first-order chi connectivity index (χ1) is 6.24. The van der Waals surface area contributed by atoms with E-state index in [9.17, 15) is 0 Å². The molecule has 0 bridgehead atoms. The summed E-state index contributed by atoms with van der Waals surface area (Å²) in [5, 5.41) is 0. The molecule has 0 heterocycles. The van der Waals surface area contributed by atoms with Crippen molar-refractivity contribution in [2.45, 2.75) is 33.6 Å². The quantitative estimate of drug-likeness (QED) is 0.446. The van der Waals surface area contributed by atoms with Gasteiger partial charge >= 0.3 is 0 Å². The first-order valence-electron chi connectivity index (χ1n) is 4.69. The lowest BCUT2D eigenvalue weighted by Gasteiger charge is -2.00. The highest BCUT2D eigenvalue weighted by Gasteiger charge is 1.92. The molecule has 0 saturated heterocycles. The molecule has 0 amide bonds. The number of hydrogen-bond acceptors (Lipinski definition) is 1. The van der Waals surface area contributed by atoms with Crippen LogP contribution in [0.2, 0.25) is 0 Å². The number of rotatable bonds is 5. The second-order valence-corrected chi connectivity index (χ2v) is 2.95. The van der Waals surface area contributed by atoms with E-state index in [1.807, 2.05) is 19.2 Å². The van der Waals surface area contributed by atoms with Crippen LogP contribution in [-0.2, 0) is 0 Å². The molecule has 0 unspecified atom stereocenters. The van der Waals surface area contributed by atoms with Crippen molar-refractivity contribution in [2.75, 3.05) is 0 Å². The molecule has 0 aliphatic carbocycles. The predicted molar refractivity (Wildman–Crippen MR) is 61.1 cm³/mol.